The van der Waals surface area contributed by atoms with Gasteiger partial charge in [-0.05, 0) is 12.3 Å². The first kappa shape index (κ1) is 20.2. The number of carbonyl (C=O) groups excluding carboxylic acids is 3. The molecular weight excluding hydrogens is 357 g/mol. The van der Waals surface area contributed by atoms with Crippen LogP contribution in [0.15, 0.2) is 21.4 Å². The molecule has 22 heavy (non-hydrogen) atoms. The van der Waals surface area contributed by atoms with E-state index >= 15 is 0 Å². The van der Waals surface area contributed by atoms with E-state index in [1.807, 2.05) is 0 Å². The number of esters is 1. The summed E-state index contributed by atoms with van der Waals surface area (Å²) in [5.74, 6) is -3.10. The van der Waals surface area contributed by atoms with E-state index in [4.69, 9.17) is 0 Å². The summed E-state index contributed by atoms with van der Waals surface area (Å²) in [6.45, 7) is 1.49. The van der Waals surface area contributed by atoms with Crippen molar-refractivity contribution in [2.45, 2.75) is 18.4 Å². The van der Waals surface area contributed by atoms with E-state index in [2.05, 4.69) is 4.74 Å². The predicted octanol–water partition coefficient (Wildman–Crippen LogP) is -3.76. The SMILES string of the molecule is COC(=O)/C=C\SC1=C(C(=O)[O-])N2C(=O)[C@H]([C@@H](C)O)[C@H]2S1.[K+]. The smallest absolute Gasteiger partial charge is 0.543 e. The van der Waals surface area contributed by atoms with Crippen molar-refractivity contribution in [2.75, 3.05) is 7.11 Å². The number of carbonyl (C=O) groups is 3. The van der Waals surface area contributed by atoms with Gasteiger partial charge in [-0.25, -0.2) is 4.79 Å². The number of amides is 1. The zero-order chi connectivity index (χ0) is 15.7. The number of carboxylic acid groups (broad SMARTS) is 1. The Morgan fingerprint density at radius 1 is 1.55 bits per heavy atom. The normalized spacial score (nSPS) is 24.7. The van der Waals surface area contributed by atoms with Crippen LogP contribution < -0.4 is 56.5 Å². The monoisotopic (exact) mass is 369 g/mol. The van der Waals surface area contributed by atoms with E-state index in [-0.39, 0.29) is 57.1 Å². The second kappa shape index (κ2) is 8.33. The van der Waals surface area contributed by atoms with Crippen LogP contribution in [0.25, 0.3) is 0 Å². The fraction of sp³-hybridized carbons (Fsp3) is 0.417. The van der Waals surface area contributed by atoms with Crippen LogP contribution in [0, 0.1) is 5.92 Å². The van der Waals surface area contributed by atoms with Gasteiger partial charge in [0, 0.05) is 6.08 Å². The second-order valence-electron chi connectivity index (χ2n) is 4.35. The molecule has 0 bridgehead atoms. The Balaban J connectivity index is 0.00000242. The molecule has 0 aromatic heterocycles. The van der Waals surface area contributed by atoms with E-state index in [1.165, 1.54) is 19.4 Å². The van der Waals surface area contributed by atoms with Gasteiger partial charge in [0.15, 0.2) is 0 Å². The number of aliphatic carboxylic acids is 1. The third kappa shape index (κ3) is 3.81. The number of aliphatic hydroxyl groups is 1. The minimum atomic E-state index is -1.46. The largest absolute Gasteiger partial charge is 1.00 e. The van der Waals surface area contributed by atoms with Crippen molar-refractivity contribution in [1.82, 2.24) is 4.90 Å². The molecule has 0 spiro atoms. The van der Waals surface area contributed by atoms with Crippen molar-refractivity contribution in [3.05, 3.63) is 21.4 Å². The number of hydrogen-bond acceptors (Lipinski definition) is 8. The van der Waals surface area contributed by atoms with Gasteiger partial charge in [0.2, 0.25) is 5.91 Å². The number of nitrogens with zero attached hydrogens (tertiary/aromatic N) is 1. The van der Waals surface area contributed by atoms with Crippen LogP contribution in [0.1, 0.15) is 6.92 Å². The quantitative estimate of drug-likeness (QED) is 0.228. The molecule has 2 aliphatic rings. The van der Waals surface area contributed by atoms with Gasteiger partial charge in [-0.2, -0.15) is 0 Å². The zero-order valence-electron chi connectivity index (χ0n) is 12.1. The zero-order valence-corrected chi connectivity index (χ0v) is 16.9. The molecule has 0 saturated carbocycles. The van der Waals surface area contributed by atoms with Gasteiger partial charge in [-0.15, -0.1) is 0 Å². The Morgan fingerprint density at radius 3 is 2.68 bits per heavy atom. The number of methoxy groups -OCH3 is 1. The van der Waals surface area contributed by atoms with E-state index in [1.54, 1.807) is 0 Å². The first-order chi connectivity index (χ1) is 9.88. The molecule has 7 nitrogen and oxygen atoms in total. The summed E-state index contributed by atoms with van der Waals surface area (Å²) >= 11 is 2.15. The van der Waals surface area contributed by atoms with Gasteiger partial charge in [0.05, 0.1) is 35.0 Å². The number of fused-ring (bicyclic) bond motifs is 1. The van der Waals surface area contributed by atoms with E-state index in [0.717, 1.165) is 34.5 Å². The fourth-order valence-electron chi connectivity index (χ4n) is 2.04. The van der Waals surface area contributed by atoms with E-state index in [0.29, 0.717) is 4.24 Å². The summed E-state index contributed by atoms with van der Waals surface area (Å²) in [7, 11) is 1.23. The molecule has 1 saturated heterocycles. The maximum absolute atomic E-state index is 11.9. The Kier molecular flexibility index (Phi) is 7.66. The van der Waals surface area contributed by atoms with Crippen molar-refractivity contribution >= 4 is 41.4 Å². The van der Waals surface area contributed by atoms with Gasteiger partial charge < -0.3 is 19.7 Å². The number of ether oxygens (including phenoxy) is 1. The molecule has 2 rings (SSSR count). The predicted molar refractivity (Wildman–Crippen MR) is 74.2 cm³/mol. The van der Waals surface area contributed by atoms with Gasteiger partial charge in [0.1, 0.15) is 5.37 Å². The summed E-state index contributed by atoms with van der Waals surface area (Å²) in [5, 5.41) is 21.7. The Bertz CT molecular complexity index is 562. The molecule has 3 atom stereocenters. The number of rotatable bonds is 5. The van der Waals surface area contributed by atoms with Crippen molar-refractivity contribution in [1.29, 1.82) is 0 Å². The Hall–Kier alpha value is 0.186. The molecule has 0 aliphatic carbocycles. The van der Waals surface area contributed by atoms with E-state index < -0.39 is 35.2 Å². The van der Waals surface area contributed by atoms with Crippen LogP contribution >= 0.6 is 23.5 Å². The minimum Gasteiger partial charge on any atom is -0.543 e. The number of thioether (sulfide) groups is 2. The number of hydrogen-bond donors (Lipinski definition) is 1. The molecule has 0 aromatic rings. The molecule has 2 aliphatic heterocycles. The van der Waals surface area contributed by atoms with Crippen LogP contribution in [0.3, 0.4) is 0 Å². The summed E-state index contributed by atoms with van der Waals surface area (Å²) < 4.78 is 4.77. The number of β-lactam (4-membered cyclic amide) rings is 1. The number of aliphatic hydroxyl groups excluding tert-OH is 1. The summed E-state index contributed by atoms with van der Waals surface area (Å²) in [6, 6.07) is 0. The maximum atomic E-state index is 11.9. The molecule has 0 radical (unpaired) electrons. The van der Waals surface area contributed by atoms with Gasteiger partial charge in [0.25, 0.3) is 0 Å². The van der Waals surface area contributed by atoms with Gasteiger partial charge in [-0.1, -0.05) is 23.5 Å². The first-order valence-electron chi connectivity index (χ1n) is 5.93. The Labute approximate surface area is 177 Å². The van der Waals surface area contributed by atoms with E-state index in [9.17, 15) is 24.6 Å². The minimum absolute atomic E-state index is 0. The van der Waals surface area contributed by atoms with Crippen LogP contribution in [-0.2, 0) is 19.1 Å². The fourth-order valence-corrected chi connectivity index (χ4v) is 4.64. The molecule has 1 amide bonds. The first-order valence-corrected chi connectivity index (χ1v) is 7.69. The average Bonchev–Trinajstić information content (AvgIpc) is 2.72. The maximum Gasteiger partial charge on any atom is 1.00 e. The molecule has 2 heterocycles. The number of carboxylic acids is 1. The van der Waals surface area contributed by atoms with Crippen LogP contribution in [0.4, 0.5) is 0 Å². The van der Waals surface area contributed by atoms with Crippen LogP contribution in [0.2, 0.25) is 0 Å². The van der Waals surface area contributed by atoms with Crippen molar-refractivity contribution < 1.29 is 80.7 Å². The second-order valence-corrected chi connectivity index (χ2v) is 6.65. The molecule has 0 aromatic carbocycles. The summed E-state index contributed by atoms with van der Waals surface area (Å²) in [5.41, 5.74) is -0.216. The molecule has 1 fully saturated rings. The standard InChI is InChI=1S/C12H13NO6S2.K/c1-5(14)7-9(16)13-8(11(17)18)12(21-10(7)13)20-4-3-6(15)19-2;/h3-5,7,10,14H,1-2H3,(H,17,18);/q;+1/p-1/b4-3-;/t5-,7+,10-;/m1./s1. The average molecular weight is 369 g/mol. The Morgan fingerprint density at radius 2 is 2.18 bits per heavy atom. The van der Waals surface area contributed by atoms with Crippen molar-refractivity contribution in [3.63, 3.8) is 0 Å². The molecule has 1 N–H and O–H groups in total. The topological polar surface area (TPSA) is 107 Å². The molecule has 0 unspecified atom stereocenters. The van der Waals surface area contributed by atoms with Gasteiger partial charge in [-0.3, -0.25) is 9.69 Å². The third-order valence-corrected chi connectivity index (χ3v) is 5.45. The molecule has 10 heteroatoms. The molecule has 114 valence electrons. The third-order valence-electron chi connectivity index (χ3n) is 3.04. The van der Waals surface area contributed by atoms with Gasteiger partial charge >= 0.3 is 57.4 Å². The van der Waals surface area contributed by atoms with Crippen molar-refractivity contribution in [3.8, 4) is 0 Å². The van der Waals surface area contributed by atoms with Crippen molar-refractivity contribution in [2.24, 2.45) is 5.92 Å². The summed E-state index contributed by atoms with van der Waals surface area (Å²) in [6.07, 6.45) is 0.290. The van der Waals surface area contributed by atoms with Crippen LogP contribution in [-0.4, -0.2) is 46.4 Å². The summed E-state index contributed by atoms with van der Waals surface area (Å²) in [4.78, 5) is 35.2. The molecular formula is C12H12KNO6S2. The van der Waals surface area contributed by atoms with Crippen LogP contribution in [0.5, 0.6) is 0 Å².